The van der Waals surface area contributed by atoms with E-state index in [1.165, 1.54) is 6.42 Å². The lowest BCUT2D eigenvalue weighted by Gasteiger charge is -2.25. The molecule has 0 aliphatic carbocycles. The van der Waals surface area contributed by atoms with E-state index in [1.807, 2.05) is 4.90 Å². The Morgan fingerprint density at radius 2 is 2.29 bits per heavy atom. The van der Waals surface area contributed by atoms with Crippen molar-refractivity contribution in [2.75, 3.05) is 26.2 Å². The first-order valence-corrected chi connectivity index (χ1v) is 6.78. The highest BCUT2D eigenvalue weighted by Crippen LogP contribution is 2.09. The zero-order chi connectivity index (χ0) is 12.7. The normalized spacial score (nSPS) is 19.6. The van der Waals surface area contributed by atoms with Crippen molar-refractivity contribution < 1.29 is 9.53 Å². The molecule has 100 valence electrons. The second-order valence-electron chi connectivity index (χ2n) is 5.21. The lowest BCUT2D eigenvalue weighted by atomic mass is 10.2. The number of hydrogen-bond donors (Lipinski definition) is 1. The fourth-order valence-electron chi connectivity index (χ4n) is 2.03. The van der Waals surface area contributed by atoms with Crippen LogP contribution in [-0.2, 0) is 4.74 Å². The van der Waals surface area contributed by atoms with Crippen molar-refractivity contribution in [3.63, 3.8) is 0 Å². The van der Waals surface area contributed by atoms with Gasteiger partial charge in [0.25, 0.3) is 0 Å². The molecule has 1 heterocycles. The lowest BCUT2D eigenvalue weighted by Crippen LogP contribution is -2.42. The summed E-state index contributed by atoms with van der Waals surface area (Å²) in [6.45, 7) is 9.35. The molecule has 0 aromatic heterocycles. The molecule has 0 radical (unpaired) electrons. The van der Waals surface area contributed by atoms with Gasteiger partial charge in [-0.1, -0.05) is 20.8 Å². The molecule has 1 saturated heterocycles. The standard InChI is InChI=1S/C13H26N2O2/c1-4-8-15(9-12-6-5-7-14-12)13(16)17-10-11(2)3/h11-12,14H,4-10H2,1-3H3. The van der Waals surface area contributed by atoms with Crippen molar-refractivity contribution in [1.82, 2.24) is 10.2 Å². The molecule has 0 aromatic rings. The predicted octanol–water partition coefficient (Wildman–Crippen LogP) is 2.24. The fraction of sp³-hybridized carbons (Fsp3) is 0.923. The Morgan fingerprint density at radius 1 is 1.53 bits per heavy atom. The maximum atomic E-state index is 11.9. The minimum Gasteiger partial charge on any atom is -0.449 e. The van der Waals surface area contributed by atoms with Crippen LogP contribution in [0.15, 0.2) is 0 Å². The SMILES string of the molecule is CCCN(CC1CCCN1)C(=O)OCC(C)C. The smallest absolute Gasteiger partial charge is 0.409 e. The van der Waals surface area contributed by atoms with Crippen LogP contribution in [0.1, 0.15) is 40.0 Å². The van der Waals surface area contributed by atoms with Crippen LogP contribution in [-0.4, -0.2) is 43.3 Å². The van der Waals surface area contributed by atoms with Gasteiger partial charge in [0, 0.05) is 19.1 Å². The van der Waals surface area contributed by atoms with Gasteiger partial charge in [0.2, 0.25) is 0 Å². The molecule has 1 amide bonds. The van der Waals surface area contributed by atoms with Gasteiger partial charge in [0.1, 0.15) is 0 Å². The fourth-order valence-corrected chi connectivity index (χ4v) is 2.03. The Morgan fingerprint density at radius 3 is 2.82 bits per heavy atom. The van der Waals surface area contributed by atoms with E-state index in [1.54, 1.807) is 0 Å². The predicted molar refractivity (Wildman–Crippen MR) is 69.1 cm³/mol. The first-order valence-electron chi connectivity index (χ1n) is 6.78. The number of nitrogens with one attached hydrogen (secondary N) is 1. The molecule has 0 spiro atoms. The number of ether oxygens (including phenoxy) is 1. The molecule has 1 unspecified atom stereocenters. The van der Waals surface area contributed by atoms with E-state index in [0.717, 1.165) is 32.5 Å². The first kappa shape index (κ1) is 14.3. The molecule has 1 N–H and O–H groups in total. The number of carbonyl (C=O) groups is 1. The minimum atomic E-state index is -0.158. The van der Waals surface area contributed by atoms with Gasteiger partial charge in [-0.05, 0) is 31.7 Å². The van der Waals surface area contributed by atoms with Crippen LogP contribution >= 0.6 is 0 Å². The number of hydrogen-bond acceptors (Lipinski definition) is 3. The monoisotopic (exact) mass is 242 g/mol. The molecule has 4 nitrogen and oxygen atoms in total. The summed E-state index contributed by atoms with van der Waals surface area (Å²) >= 11 is 0. The molecular weight excluding hydrogens is 216 g/mol. The molecule has 0 aromatic carbocycles. The second-order valence-corrected chi connectivity index (χ2v) is 5.21. The van der Waals surface area contributed by atoms with Gasteiger partial charge >= 0.3 is 6.09 Å². The van der Waals surface area contributed by atoms with Gasteiger partial charge in [-0.2, -0.15) is 0 Å². The molecule has 0 saturated carbocycles. The Kier molecular flexibility index (Phi) is 6.34. The van der Waals surface area contributed by atoms with Gasteiger partial charge < -0.3 is 15.0 Å². The number of carbonyl (C=O) groups excluding carboxylic acids is 1. The van der Waals surface area contributed by atoms with Crippen LogP contribution in [0.3, 0.4) is 0 Å². The maximum Gasteiger partial charge on any atom is 0.409 e. The Labute approximate surface area is 105 Å². The quantitative estimate of drug-likeness (QED) is 0.776. The van der Waals surface area contributed by atoms with E-state index in [0.29, 0.717) is 18.6 Å². The summed E-state index contributed by atoms with van der Waals surface area (Å²) in [6.07, 6.45) is 3.20. The molecule has 1 atom stereocenters. The highest BCUT2D eigenvalue weighted by atomic mass is 16.6. The summed E-state index contributed by atoms with van der Waals surface area (Å²) in [5.74, 6) is 0.395. The lowest BCUT2D eigenvalue weighted by molar-refractivity contribution is 0.0892. The van der Waals surface area contributed by atoms with Crippen LogP contribution in [0.4, 0.5) is 4.79 Å². The molecule has 1 aliphatic heterocycles. The maximum absolute atomic E-state index is 11.9. The van der Waals surface area contributed by atoms with Crippen molar-refractivity contribution in [2.45, 2.75) is 46.1 Å². The van der Waals surface area contributed by atoms with Crippen LogP contribution in [0.2, 0.25) is 0 Å². The third-order valence-corrected chi connectivity index (χ3v) is 2.90. The summed E-state index contributed by atoms with van der Waals surface area (Å²) in [7, 11) is 0. The van der Waals surface area contributed by atoms with Crippen LogP contribution < -0.4 is 5.32 Å². The second kappa shape index (κ2) is 7.54. The Bertz CT molecular complexity index is 225. The Hall–Kier alpha value is -0.770. The molecular formula is C13H26N2O2. The van der Waals surface area contributed by atoms with Gasteiger partial charge in [-0.25, -0.2) is 4.79 Å². The van der Waals surface area contributed by atoms with Gasteiger partial charge in [0.05, 0.1) is 6.61 Å². The summed E-state index contributed by atoms with van der Waals surface area (Å²) in [5, 5.41) is 3.42. The molecule has 0 bridgehead atoms. The van der Waals surface area contributed by atoms with Crippen molar-refractivity contribution in [1.29, 1.82) is 0 Å². The van der Waals surface area contributed by atoms with Crippen molar-refractivity contribution in [3.8, 4) is 0 Å². The van der Waals surface area contributed by atoms with Crippen LogP contribution in [0, 0.1) is 5.92 Å². The van der Waals surface area contributed by atoms with Gasteiger partial charge in [-0.3, -0.25) is 0 Å². The largest absolute Gasteiger partial charge is 0.449 e. The van der Waals surface area contributed by atoms with E-state index in [9.17, 15) is 4.79 Å². The molecule has 1 fully saturated rings. The molecule has 1 rings (SSSR count). The van der Waals surface area contributed by atoms with E-state index >= 15 is 0 Å². The minimum absolute atomic E-state index is 0.158. The van der Waals surface area contributed by atoms with Gasteiger partial charge in [-0.15, -0.1) is 0 Å². The third-order valence-electron chi connectivity index (χ3n) is 2.90. The number of nitrogens with zero attached hydrogens (tertiary/aromatic N) is 1. The summed E-state index contributed by atoms with van der Waals surface area (Å²) in [6, 6.07) is 0.452. The Balaban J connectivity index is 2.37. The van der Waals surface area contributed by atoms with E-state index in [-0.39, 0.29) is 6.09 Å². The number of amides is 1. The van der Waals surface area contributed by atoms with E-state index in [2.05, 4.69) is 26.1 Å². The first-order chi connectivity index (χ1) is 8.13. The zero-order valence-corrected chi connectivity index (χ0v) is 11.4. The van der Waals surface area contributed by atoms with Crippen molar-refractivity contribution in [3.05, 3.63) is 0 Å². The molecule has 17 heavy (non-hydrogen) atoms. The van der Waals surface area contributed by atoms with Crippen LogP contribution in [0.25, 0.3) is 0 Å². The summed E-state index contributed by atoms with van der Waals surface area (Å²) in [5.41, 5.74) is 0. The third kappa shape index (κ3) is 5.39. The average Bonchev–Trinajstić information content (AvgIpc) is 2.78. The summed E-state index contributed by atoms with van der Waals surface area (Å²) < 4.78 is 5.29. The highest BCUT2D eigenvalue weighted by molar-refractivity contribution is 5.67. The van der Waals surface area contributed by atoms with Crippen LogP contribution in [0.5, 0.6) is 0 Å². The summed E-state index contributed by atoms with van der Waals surface area (Å²) in [4.78, 5) is 13.7. The number of rotatable bonds is 6. The molecule has 4 heteroatoms. The van der Waals surface area contributed by atoms with E-state index in [4.69, 9.17) is 4.74 Å². The van der Waals surface area contributed by atoms with Crippen molar-refractivity contribution in [2.24, 2.45) is 5.92 Å². The highest BCUT2D eigenvalue weighted by Gasteiger charge is 2.21. The van der Waals surface area contributed by atoms with E-state index < -0.39 is 0 Å². The zero-order valence-electron chi connectivity index (χ0n) is 11.4. The average molecular weight is 242 g/mol. The molecule has 1 aliphatic rings. The van der Waals surface area contributed by atoms with Gasteiger partial charge in [0.15, 0.2) is 0 Å². The topological polar surface area (TPSA) is 41.6 Å². The van der Waals surface area contributed by atoms with Crippen molar-refractivity contribution >= 4 is 6.09 Å².